The van der Waals surface area contributed by atoms with E-state index in [4.69, 9.17) is 9.31 Å². The first-order valence-electron chi connectivity index (χ1n) is 12.2. The second-order valence-electron chi connectivity index (χ2n) is 10.8. The van der Waals surface area contributed by atoms with Crippen LogP contribution in [0.1, 0.15) is 86.8 Å². The standard InChI is InChI=1S/C27H32BNO5/c1-26(2)27(3,4)34-28(33-26)18-15-13-17(14-16-18)23-22(25(31)32)20-11-7-8-12-21(20)24(30)29(23)19-9-5-6-10-19/h7-8,11-16,19,22-23H,5-6,9-10H2,1-4H3,(H,31,32)/t22-,23-/m1/s1. The molecule has 1 amide bonds. The zero-order chi connectivity index (χ0) is 24.3. The van der Waals surface area contributed by atoms with Gasteiger partial charge in [-0.05, 0) is 63.2 Å². The number of carboxylic acids is 1. The number of fused-ring (bicyclic) bond motifs is 1. The van der Waals surface area contributed by atoms with Crippen LogP contribution in [-0.4, -0.2) is 46.2 Å². The van der Waals surface area contributed by atoms with Crippen molar-refractivity contribution in [3.8, 4) is 0 Å². The molecule has 34 heavy (non-hydrogen) atoms. The molecule has 2 aliphatic heterocycles. The Morgan fingerprint density at radius 1 is 0.971 bits per heavy atom. The third-order valence-corrected chi connectivity index (χ3v) is 8.16. The lowest BCUT2D eigenvalue weighted by atomic mass is 9.76. The maximum Gasteiger partial charge on any atom is 0.494 e. The maximum absolute atomic E-state index is 13.7. The summed E-state index contributed by atoms with van der Waals surface area (Å²) < 4.78 is 12.4. The van der Waals surface area contributed by atoms with Gasteiger partial charge in [0.25, 0.3) is 5.91 Å². The van der Waals surface area contributed by atoms with E-state index in [1.165, 1.54) is 0 Å². The third-order valence-electron chi connectivity index (χ3n) is 8.16. The van der Waals surface area contributed by atoms with Crippen molar-refractivity contribution in [2.75, 3.05) is 0 Å². The van der Waals surface area contributed by atoms with E-state index in [0.29, 0.717) is 11.1 Å². The monoisotopic (exact) mass is 461 g/mol. The van der Waals surface area contributed by atoms with Crippen LogP contribution in [0.15, 0.2) is 48.5 Å². The Balaban J connectivity index is 1.55. The molecule has 0 radical (unpaired) electrons. The van der Waals surface area contributed by atoms with Crippen molar-refractivity contribution in [2.45, 2.75) is 82.6 Å². The maximum atomic E-state index is 13.7. The summed E-state index contributed by atoms with van der Waals surface area (Å²) in [6.07, 6.45) is 3.92. The Morgan fingerprint density at radius 2 is 1.56 bits per heavy atom. The molecule has 2 aromatic rings. The van der Waals surface area contributed by atoms with E-state index < -0.39 is 36.2 Å². The normalized spacial score (nSPS) is 26.1. The number of rotatable bonds is 4. The lowest BCUT2D eigenvalue weighted by molar-refractivity contribution is -0.140. The number of benzene rings is 2. The first-order valence-corrected chi connectivity index (χ1v) is 12.2. The highest BCUT2D eigenvalue weighted by Crippen LogP contribution is 2.46. The lowest BCUT2D eigenvalue weighted by Crippen LogP contribution is -2.49. The molecule has 1 saturated carbocycles. The lowest BCUT2D eigenvalue weighted by Gasteiger charge is -2.44. The minimum Gasteiger partial charge on any atom is -0.481 e. The molecule has 1 N–H and O–H groups in total. The highest BCUT2D eigenvalue weighted by atomic mass is 16.7. The van der Waals surface area contributed by atoms with Gasteiger partial charge in [-0.1, -0.05) is 55.3 Å². The van der Waals surface area contributed by atoms with E-state index in [2.05, 4.69) is 0 Å². The Morgan fingerprint density at radius 3 is 2.15 bits per heavy atom. The largest absolute Gasteiger partial charge is 0.494 e. The van der Waals surface area contributed by atoms with Crippen molar-refractivity contribution in [1.82, 2.24) is 4.90 Å². The highest BCUT2D eigenvalue weighted by molar-refractivity contribution is 6.62. The Kier molecular flexibility index (Phi) is 5.61. The summed E-state index contributed by atoms with van der Waals surface area (Å²) in [5.41, 5.74) is 1.92. The number of nitrogens with zero attached hydrogens (tertiary/aromatic N) is 1. The summed E-state index contributed by atoms with van der Waals surface area (Å²) in [6.45, 7) is 8.07. The van der Waals surface area contributed by atoms with Crippen LogP contribution in [0.5, 0.6) is 0 Å². The zero-order valence-corrected chi connectivity index (χ0v) is 20.3. The van der Waals surface area contributed by atoms with Gasteiger partial charge in [0.1, 0.15) is 5.92 Å². The van der Waals surface area contributed by atoms with Crippen LogP contribution in [0.4, 0.5) is 0 Å². The predicted molar refractivity (Wildman–Crippen MR) is 130 cm³/mol. The molecule has 2 heterocycles. The summed E-state index contributed by atoms with van der Waals surface area (Å²) in [5.74, 6) is -1.81. The van der Waals surface area contributed by atoms with E-state index in [9.17, 15) is 14.7 Å². The minimum absolute atomic E-state index is 0.0514. The molecule has 2 aromatic carbocycles. The van der Waals surface area contributed by atoms with E-state index in [-0.39, 0.29) is 11.9 Å². The van der Waals surface area contributed by atoms with E-state index in [1.54, 1.807) is 12.1 Å². The molecule has 5 rings (SSSR count). The molecule has 0 bridgehead atoms. The fourth-order valence-electron chi connectivity index (χ4n) is 5.59. The van der Waals surface area contributed by atoms with Crippen LogP contribution in [0.2, 0.25) is 0 Å². The summed E-state index contributed by atoms with van der Waals surface area (Å²) in [4.78, 5) is 28.1. The molecule has 0 spiro atoms. The summed E-state index contributed by atoms with van der Waals surface area (Å²) in [7, 11) is -0.492. The van der Waals surface area contributed by atoms with Gasteiger partial charge < -0.3 is 19.3 Å². The van der Waals surface area contributed by atoms with Crippen molar-refractivity contribution in [2.24, 2.45) is 0 Å². The Hall–Kier alpha value is -2.64. The molecular weight excluding hydrogens is 429 g/mol. The molecule has 2 fully saturated rings. The van der Waals surface area contributed by atoms with E-state index in [0.717, 1.165) is 36.7 Å². The van der Waals surface area contributed by atoms with Gasteiger partial charge in [-0.15, -0.1) is 0 Å². The Labute approximate surface area is 201 Å². The van der Waals surface area contributed by atoms with Gasteiger partial charge >= 0.3 is 13.1 Å². The fraction of sp³-hybridized carbons (Fsp3) is 0.481. The first-order chi connectivity index (χ1) is 16.1. The van der Waals surface area contributed by atoms with Crippen molar-refractivity contribution in [1.29, 1.82) is 0 Å². The molecule has 3 aliphatic rings. The van der Waals surface area contributed by atoms with Crippen molar-refractivity contribution in [3.05, 3.63) is 65.2 Å². The minimum atomic E-state index is -0.914. The fourth-order valence-corrected chi connectivity index (χ4v) is 5.59. The van der Waals surface area contributed by atoms with Gasteiger partial charge in [-0.2, -0.15) is 0 Å². The Bertz CT molecular complexity index is 1090. The molecular formula is C27H32BNO5. The van der Waals surface area contributed by atoms with Crippen LogP contribution in [0.3, 0.4) is 0 Å². The van der Waals surface area contributed by atoms with Crippen molar-refractivity contribution in [3.63, 3.8) is 0 Å². The van der Waals surface area contributed by atoms with Gasteiger partial charge in [0.05, 0.1) is 17.2 Å². The van der Waals surface area contributed by atoms with Crippen LogP contribution >= 0.6 is 0 Å². The third kappa shape index (κ3) is 3.66. The number of carboxylic acid groups (broad SMARTS) is 1. The van der Waals surface area contributed by atoms with Crippen LogP contribution in [0.25, 0.3) is 0 Å². The average Bonchev–Trinajstić information content (AvgIpc) is 3.39. The molecule has 0 aromatic heterocycles. The molecule has 1 aliphatic carbocycles. The van der Waals surface area contributed by atoms with E-state index >= 15 is 0 Å². The zero-order valence-electron chi connectivity index (χ0n) is 20.3. The number of hydrogen-bond acceptors (Lipinski definition) is 4. The van der Waals surface area contributed by atoms with Crippen LogP contribution in [-0.2, 0) is 14.1 Å². The van der Waals surface area contributed by atoms with Crippen LogP contribution in [0, 0.1) is 0 Å². The van der Waals surface area contributed by atoms with E-state index in [1.807, 2.05) is 69.0 Å². The molecule has 7 heteroatoms. The topological polar surface area (TPSA) is 76.1 Å². The quantitative estimate of drug-likeness (QED) is 0.688. The molecule has 6 nitrogen and oxygen atoms in total. The SMILES string of the molecule is CC1(C)OB(c2ccc([C@@H]3[C@H](C(=O)O)c4ccccc4C(=O)N3C3CCCC3)cc2)OC1(C)C. The van der Waals surface area contributed by atoms with Gasteiger partial charge in [0, 0.05) is 11.6 Å². The second kappa shape index (κ2) is 8.24. The summed E-state index contributed by atoms with van der Waals surface area (Å²) >= 11 is 0. The average molecular weight is 461 g/mol. The first kappa shape index (κ1) is 23.1. The summed E-state index contributed by atoms with van der Waals surface area (Å²) in [5, 5.41) is 10.3. The van der Waals surface area contributed by atoms with Gasteiger partial charge in [-0.25, -0.2) is 0 Å². The number of amides is 1. The van der Waals surface area contributed by atoms with Crippen LogP contribution < -0.4 is 5.46 Å². The van der Waals surface area contributed by atoms with Gasteiger partial charge in [0.15, 0.2) is 0 Å². The number of aliphatic carboxylic acids is 1. The van der Waals surface area contributed by atoms with Gasteiger partial charge in [0.2, 0.25) is 0 Å². The number of carbonyl (C=O) groups is 2. The summed E-state index contributed by atoms with van der Waals surface area (Å²) in [6, 6.07) is 14.4. The number of hydrogen-bond donors (Lipinski definition) is 1. The smallest absolute Gasteiger partial charge is 0.481 e. The number of carbonyl (C=O) groups excluding carboxylic acids is 1. The second-order valence-corrected chi connectivity index (χ2v) is 10.8. The highest BCUT2D eigenvalue weighted by Gasteiger charge is 2.52. The molecule has 2 atom stereocenters. The molecule has 1 saturated heterocycles. The van der Waals surface area contributed by atoms with Crippen molar-refractivity contribution >= 4 is 24.5 Å². The molecule has 0 unspecified atom stereocenters. The molecule has 178 valence electrons. The van der Waals surface area contributed by atoms with Gasteiger partial charge in [-0.3, -0.25) is 9.59 Å². The van der Waals surface area contributed by atoms with Crippen molar-refractivity contribution < 1.29 is 24.0 Å². The predicted octanol–water partition coefficient (Wildman–Crippen LogP) is 4.29.